The van der Waals surface area contributed by atoms with Crippen LogP contribution in [0, 0.1) is 0 Å². The minimum Gasteiger partial charge on any atom is -0.298 e. The van der Waals surface area contributed by atoms with E-state index in [1.54, 1.807) is 0 Å². The average Bonchev–Trinajstić information content (AvgIpc) is 3.49. The molecule has 0 spiro atoms. The van der Waals surface area contributed by atoms with Crippen molar-refractivity contribution in [3.05, 3.63) is 108 Å². The van der Waals surface area contributed by atoms with Crippen molar-refractivity contribution >= 4 is 17.6 Å². The molecule has 0 bridgehead atoms. The van der Waals surface area contributed by atoms with Crippen LogP contribution in [0.15, 0.2) is 91.0 Å². The topological polar surface area (TPSA) is 57.5 Å². The third-order valence-electron chi connectivity index (χ3n) is 6.19. The highest BCUT2D eigenvalue weighted by atomic mass is 16.2. The number of rotatable bonds is 6. The summed E-state index contributed by atoms with van der Waals surface area (Å²) in [6.07, 6.45) is 0. The van der Waals surface area contributed by atoms with Gasteiger partial charge in [-0.3, -0.25) is 24.2 Å². The second-order valence-corrected chi connectivity index (χ2v) is 8.07. The van der Waals surface area contributed by atoms with Crippen molar-refractivity contribution in [2.24, 2.45) is 0 Å². The number of likely N-dealkylation sites (tertiary alicyclic amines) is 1. The molecule has 0 N–H and O–H groups in total. The molecule has 3 aromatic carbocycles. The van der Waals surface area contributed by atoms with Crippen molar-refractivity contribution in [3.8, 4) is 0 Å². The lowest BCUT2D eigenvalue weighted by molar-refractivity contribution is -0.145. The number of Topliss-reactive ketones (excluding diaryl/α,β-unsaturated/α-hetero) is 1. The van der Waals surface area contributed by atoms with Gasteiger partial charge in [0.25, 0.3) is 0 Å². The van der Waals surface area contributed by atoms with Gasteiger partial charge in [-0.15, -0.1) is 0 Å². The molecule has 5 rings (SSSR count). The molecule has 5 nitrogen and oxygen atoms in total. The predicted octanol–water partition coefficient (Wildman–Crippen LogP) is 2.99. The second kappa shape index (κ2) is 7.29. The van der Waals surface area contributed by atoms with Crippen LogP contribution in [0.2, 0.25) is 0 Å². The molecule has 2 aliphatic heterocycles. The zero-order valence-electron chi connectivity index (χ0n) is 17.1. The number of hydrogen-bond acceptors (Lipinski definition) is 4. The standard InChI is InChI=1S/C26H22N2O3/c1-18(29)17-27-24(30)22-23(25(27)31)28(22)26(19-11-5-2-6-12-19,20-13-7-3-8-14-20)21-15-9-4-10-16-21/h2-16,22-23H,17H2,1H3/t22-,23+,28?. The highest BCUT2D eigenvalue weighted by Gasteiger charge is 2.72. The quantitative estimate of drug-likeness (QED) is 0.356. The molecular formula is C26H22N2O3. The Hall–Kier alpha value is -3.57. The number of imide groups is 1. The Labute approximate surface area is 180 Å². The monoisotopic (exact) mass is 410 g/mol. The van der Waals surface area contributed by atoms with E-state index in [1.807, 2.05) is 95.9 Å². The number of benzene rings is 3. The van der Waals surface area contributed by atoms with Gasteiger partial charge in [0.2, 0.25) is 11.8 Å². The van der Waals surface area contributed by atoms with Crippen LogP contribution in [0.1, 0.15) is 23.6 Å². The van der Waals surface area contributed by atoms with E-state index >= 15 is 0 Å². The molecule has 0 saturated carbocycles. The Balaban J connectivity index is 1.71. The number of ketones is 1. The van der Waals surface area contributed by atoms with Crippen LogP contribution in [0.5, 0.6) is 0 Å². The summed E-state index contributed by atoms with van der Waals surface area (Å²) in [6.45, 7) is 1.23. The smallest absolute Gasteiger partial charge is 0.249 e. The van der Waals surface area contributed by atoms with Crippen molar-refractivity contribution in [1.29, 1.82) is 0 Å². The fourth-order valence-corrected chi connectivity index (χ4v) is 4.95. The van der Waals surface area contributed by atoms with Crippen LogP contribution in [0.4, 0.5) is 0 Å². The predicted molar refractivity (Wildman–Crippen MR) is 116 cm³/mol. The molecule has 2 heterocycles. The summed E-state index contributed by atoms with van der Waals surface area (Å²) in [5.74, 6) is -0.787. The lowest BCUT2D eigenvalue weighted by atomic mass is 9.76. The minimum absolute atomic E-state index is 0.159. The van der Waals surface area contributed by atoms with E-state index in [-0.39, 0.29) is 24.1 Å². The van der Waals surface area contributed by atoms with E-state index in [4.69, 9.17) is 0 Å². The van der Waals surface area contributed by atoms with Crippen molar-refractivity contribution in [3.63, 3.8) is 0 Å². The molecule has 3 atom stereocenters. The first kappa shape index (κ1) is 19.4. The van der Waals surface area contributed by atoms with Gasteiger partial charge in [0, 0.05) is 0 Å². The average molecular weight is 410 g/mol. The summed E-state index contributed by atoms with van der Waals surface area (Å²) in [6, 6.07) is 28.8. The number of carbonyl (C=O) groups is 3. The molecule has 0 aliphatic carbocycles. The van der Waals surface area contributed by atoms with Crippen LogP contribution < -0.4 is 0 Å². The highest BCUT2D eigenvalue weighted by molar-refractivity contribution is 6.15. The second-order valence-electron chi connectivity index (χ2n) is 8.07. The van der Waals surface area contributed by atoms with E-state index < -0.39 is 17.6 Å². The maximum Gasteiger partial charge on any atom is 0.249 e. The number of hydrogen-bond donors (Lipinski definition) is 0. The molecule has 1 unspecified atom stereocenters. The SMILES string of the molecule is CC(=O)CN1C(=O)[C@@H]2[C@H](C1=O)N2C(c1ccccc1)(c1ccccc1)c1ccccc1. The van der Waals surface area contributed by atoms with E-state index in [2.05, 4.69) is 0 Å². The number of piperazine rings is 1. The van der Waals surface area contributed by atoms with Crippen molar-refractivity contribution < 1.29 is 14.4 Å². The Kier molecular flexibility index (Phi) is 4.56. The van der Waals surface area contributed by atoms with Gasteiger partial charge in [-0.05, 0) is 23.6 Å². The molecule has 2 fully saturated rings. The van der Waals surface area contributed by atoms with Gasteiger partial charge < -0.3 is 0 Å². The van der Waals surface area contributed by atoms with Gasteiger partial charge in [0.05, 0.1) is 12.1 Å². The van der Waals surface area contributed by atoms with E-state index in [9.17, 15) is 14.4 Å². The summed E-state index contributed by atoms with van der Waals surface area (Å²) < 4.78 is 0. The van der Waals surface area contributed by atoms with Gasteiger partial charge in [-0.1, -0.05) is 91.0 Å². The van der Waals surface area contributed by atoms with Crippen molar-refractivity contribution in [1.82, 2.24) is 9.80 Å². The normalized spacial score (nSPS) is 22.4. The Bertz CT molecular complexity index is 1030. The van der Waals surface area contributed by atoms with Crippen molar-refractivity contribution in [2.45, 2.75) is 24.5 Å². The number of fused-ring (bicyclic) bond motifs is 1. The highest BCUT2D eigenvalue weighted by Crippen LogP contribution is 2.54. The molecule has 0 radical (unpaired) electrons. The Morgan fingerprint density at radius 1 is 0.710 bits per heavy atom. The summed E-state index contributed by atoms with van der Waals surface area (Å²) in [4.78, 5) is 41.0. The summed E-state index contributed by atoms with van der Waals surface area (Å²) in [5.41, 5.74) is 2.16. The fraction of sp³-hybridized carbons (Fsp3) is 0.192. The van der Waals surface area contributed by atoms with Crippen LogP contribution in [-0.2, 0) is 19.9 Å². The molecule has 3 aromatic rings. The van der Waals surface area contributed by atoms with Crippen LogP contribution >= 0.6 is 0 Å². The molecule has 0 aromatic heterocycles. The fourth-order valence-electron chi connectivity index (χ4n) is 4.95. The van der Waals surface area contributed by atoms with Gasteiger partial charge in [-0.25, -0.2) is 0 Å². The zero-order valence-corrected chi connectivity index (χ0v) is 17.1. The first-order chi connectivity index (χ1) is 15.1. The Morgan fingerprint density at radius 3 is 1.39 bits per heavy atom. The van der Waals surface area contributed by atoms with Crippen LogP contribution in [-0.4, -0.2) is 46.0 Å². The summed E-state index contributed by atoms with van der Waals surface area (Å²) >= 11 is 0. The van der Waals surface area contributed by atoms with Gasteiger partial charge in [-0.2, -0.15) is 0 Å². The molecular weight excluding hydrogens is 388 g/mol. The molecule has 154 valence electrons. The zero-order chi connectivity index (χ0) is 21.6. The summed E-state index contributed by atoms with van der Waals surface area (Å²) in [7, 11) is 0. The maximum atomic E-state index is 13.2. The first-order valence-electron chi connectivity index (χ1n) is 10.4. The minimum atomic E-state index is -0.799. The molecule has 5 heteroatoms. The molecule has 2 amide bonds. The Morgan fingerprint density at radius 2 is 1.06 bits per heavy atom. The lowest BCUT2D eigenvalue weighted by Crippen LogP contribution is -2.48. The third kappa shape index (κ3) is 2.85. The number of amides is 2. The molecule has 31 heavy (non-hydrogen) atoms. The summed E-state index contributed by atoms with van der Waals surface area (Å²) in [5, 5.41) is 0. The van der Waals surface area contributed by atoms with Crippen molar-refractivity contribution in [2.75, 3.05) is 6.54 Å². The van der Waals surface area contributed by atoms with Crippen LogP contribution in [0.3, 0.4) is 0 Å². The lowest BCUT2D eigenvalue weighted by Gasteiger charge is -2.39. The van der Waals surface area contributed by atoms with Gasteiger partial charge in [0.15, 0.2) is 0 Å². The van der Waals surface area contributed by atoms with E-state index in [1.165, 1.54) is 6.92 Å². The number of nitrogens with zero attached hydrogens (tertiary/aromatic N) is 2. The van der Waals surface area contributed by atoms with E-state index in [0.29, 0.717) is 0 Å². The van der Waals surface area contributed by atoms with Gasteiger partial charge >= 0.3 is 0 Å². The maximum absolute atomic E-state index is 13.2. The molecule has 2 saturated heterocycles. The van der Waals surface area contributed by atoms with Crippen LogP contribution in [0.25, 0.3) is 0 Å². The first-order valence-corrected chi connectivity index (χ1v) is 10.4. The largest absolute Gasteiger partial charge is 0.298 e. The van der Waals surface area contributed by atoms with E-state index in [0.717, 1.165) is 21.6 Å². The molecule has 2 aliphatic rings. The number of carbonyl (C=O) groups excluding carboxylic acids is 3. The van der Waals surface area contributed by atoms with Gasteiger partial charge in [0.1, 0.15) is 17.9 Å². The third-order valence-corrected chi connectivity index (χ3v) is 6.19.